The molecule has 1 aliphatic heterocycles. The first-order chi connectivity index (χ1) is 12.7. The van der Waals surface area contributed by atoms with Gasteiger partial charge in [0.05, 0.1) is 0 Å². The molecule has 2 fully saturated rings. The molecular formula is C21H34N4O. The lowest BCUT2D eigenvalue weighted by molar-refractivity contribution is -0.125. The van der Waals surface area contributed by atoms with Crippen LogP contribution in [0, 0.1) is 5.92 Å². The maximum absolute atomic E-state index is 12.4. The van der Waals surface area contributed by atoms with E-state index in [1.54, 1.807) is 0 Å². The van der Waals surface area contributed by atoms with Crippen molar-refractivity contribution in [1.29, 1.82) is 0 Å². The van der Waals surface area contributed by atoms with Crippen LogP contribution in [0.15, 0.2) is 24.5 Å². The predicted molar refractivity (Wildman–Crippen MR) is 106 cm³/mol. The van der Waals surface area contributed by atoms with Gasteiger partial charge in [-0.15, -0.1) is 0 Å². The third kappa shape index (κ3) is 5.44. The zero-order chi connectivity index (χ0) is 18.2. The van der Waals surface area contributed by atoms with Crippen LogP contribution in [-0.2, 0) is 4.79 Å². The minimum Gasteiger partial charge on any atom is -0.371 e. The first kappa shape index (κ1) is 19.2. The van der Waals surface area contributed by atoms with Gasteiger partial charge in [0.1, 0.15) is 0 Å². The summed E-state index contributed by atoms with van der Waals surface area (Å²) in [7, 11) is 2.24. The highest BCUT2D eigenvalue weighted by Crippen LogP contribution is 2.23. The van der Waals surface area contributed by atoms with Crippen LogP contribution < -0.4 is 10.2 Å². The number of nitrogens with zero attached hydrogens (tertiary/aromatic N) is 3. The van der Waals surface area contributed by atoms with Crippen LogP contribution in [0.3, 0.4) is 0 Å². The van der Waals surface area contributed by atoms with Gasteiger partial charge >= 0.3 is 0 Å². The summed E-state index contributed by atoms with van der Waals surface area (Å²) in [6.45, 7) is 3.80. The largest absolute Gasteiger partial charge is 0.371 e. The molecule has 1 aromatic heterocycles. The van der Waals surface area contributed by atoms with E-state index in [2.05, 4.69) is 27.1 Å². The highest BCUT2D eigenvalue weighted by Gasteiger charge is 2.25. The summed E-state index contributed by atoms with van der Waals surface area (Å²) in [5, 5.41) is 3.17. The van der Waals surface area contributed by atoms with Crippen molar-refractivity contribution in [3.63, 3.8) is 0 Å². The third-order valence-electron chi connectivity index (χ3n) is 6.08. The van der Waals surface area contributed by atoms with Gasteiger partial charge in [0.25, 0.3) is 0 Å². The molecule has 0 radical (unpaired) electrons. The summed E-state index contributed by atoms with van der Waals surface area (Å²) in [6.07, 6.45) is 13.4. The molecule has 26 heavy (non-hydrogen) atoms. The quantitative estimate of drug-likeness (QED) is 0.761. The molecule has 0 bridgehead atoms. The van der Waals surface area contributed by atoms with Gasteiger partial charge < -0.3 is 15.1 Å². The topological polar surface area (TPSA) is 48.5 Å². The van der Waals surface area contributed by atoms with Crippen molar-refractivity contribution in [2.75, 3.05) is 38.1 Å². The zero-order valence-electron chi connectivity index (χ0n) is 16.2. The van der Waals surface area contributed by atoms with Crippen molar-refractivity contribution < 1.29 is 4.79 Å². The highest BCUT2D eigenvalue weighted by atomic mass is 16.1. The molecule has 1 aliphatic carbocycles. The van der Waals surface area contributed by atoms with Gasteiger partial charge in [-0.1, -0.05) is 19.3 Å². The van der Waals surface area contributed by atoms with E-state index < -0.39 is 0 Å². The molecule has 2 aliphatic rings. The summed E-state index contributed by atoms with van der Waals surface area (Å²) < 4.78 is 0. The Labute approximate surface area is 158 Å². The van der Waals surface area contributed by atoms with Crippen LogP contribution in [-0.4, -0.2) is 55.1 Å². The van der Waals surface area contributed by atoms with E-state index in [1.165, 1.54) is 37.8 Å². The number of nitrogens with one attached hydrogen (secondary N) is 1. The van der Waals surface area contributed by atoms with Crippen molar-refractivity contribution in [2.24, 2.45) is 5.92 Å². The number of hydrogen-bond donors (Lipinski definition) is 1. The number of rotatable bonds is 7. The Bertz CT molecular complexity index is 536. The SMILES string of the molecule is CN(CCCNC(=O)C1CCN(c2ccncc2)CC1)C1CCCCC1. The van der Waals surface area contributed by atoms with Gasteiger partial charge in [0.2, 0.25) is 5.91 Å². The molecule has 0 unspecified atom stereocenters. The summed E-state index contributed by atoms with van der Waals surface area (Å²) >= 11 is 0. The Balaban J connectivity index is 1.30. The van der Waals surface area contributed by atoms with Gasteiger partial charge in [-0.2, -0.15) is 0 Å². The molecular weight excluding hydrogens is 324 g/mol. The van der Waals surface area contributed by atoms with Gasteiger partial charge in [-0.3, -0.25) is 9.78 Å². The number of carbonyl (C=O) groups is 1. The van der Waals surface area contributed by atoms with E-state index in [0.29, 0.717) is 0 Å². The molecule has 2 heterocycles. The Morgan fingerprint density at radius 1 is 1.15 bits per heavy atom. The van der Waals surface area contributed by atoms with Crippen molar-refractivity contribution in [3.8, 4) is 0 Å². The molecule has 1 N–H and O–H groups in total. The molecule has 1 amide bonds. The second-order valence-corrected chi connectivity index (χ2v) is 7.88. The predicted octanol–water partition coefficient (Wildman–Crippen LogP) is 3.07. The maximum atomic E-state index is 12.4. The number of amides is 1. The molecule has 0 spiro atoms. The number of hydrogen-bond acceptors (Lipinski definition) is 4. The van der Waals surface area contributed by atoms with E-state index in [4.69, 9.17) is 0 Å². The van der Waals surface area contributed by atoms with Gasteiger partial charge in [-0.05, 0) is 57.8 Å². The van der Waals surface area contributed by atoms with Crippen LogP contribution >= 0.6 is 0 Å². The van der Waals surface area contributed by atoms with Crippen molar-refractivity contribution >= 4 is 11.6 Å². The van der Waals surface area contributed by atoms with Crippen molar-refractivity contribution in [2.45, 2.75) is 57.4 Å². The van der Waals surface area contributed by atoms with E-state index in [1.807, 2.05) is 24.5 Å². The fraction of sp³-hybridized carbons (Fsp3) is 0.714. The van der Waals surface area contributed by atoms with Crippen molar-refractivity contribution in [1.82, 2.24) is 15.2 Å². The van der Waals surface area contributed by atoms with Crippen LogP contribution in [0.5, 0.6) is 0 Å². The molecule has 1 saturated carbocycles. The van der Waals surface area contributed by atoms with Gasteiger partial charge in [0, 0.05) is 49.7 Å². The van der Waals surface area contributed by atoms with Gasteiger partial charge in [-0.25, -0.2) is 0 Å². The van der Waals surface area contributed by atoms with Crippen LogP contribution in [0.1, 0.15) is 51.4 Å². The second kappa shape index (κ2) is 9.91. The normalized spacial score (nSPS) is 19.7. The molecule has 1 aromatic rings. The van der Waals surface area contributed by atoms with E-state index >= 15 is 0 Å². The first-order valence-corrected chi connectivity index (χ1v) is 10.4. The fourth-order valence-corrected chi connectivity index (χ4v) is 4.34. The standard InChI is InChI=1S/C21H34N4O/c1-24(19-6-3-2-4-7-19)15-5-12-23-21(26)18-10-16-25(17-11-18)20-8-13-22-14-9-20/h8-9,13-14,18-19H,2-7,10-12,15-17H2,1H3,(H,23,26). The number of aromatic nitrogens is 1. The average molecular weight is 359 g/mol. The summed E-state index contributed by atoms with van der Waals surface area (Å²) in [5.74, 6) is 0.420. The minimum absolute atomic E-state index is 0.171. The molecule has 3 rings (SSSR count). The Morgan fingerprint density at radius 3 is 2.54 bits per heavy atom. The Hall–Kier alpha value is -1.62. The van der Waals surface area contributed by atoms with Crippen LogP contribution in [0.25, 0.3) is 0 Å². The zero-order valence-corrected chi connectivity index (χ0v) is 16.2. The van der Waals surface area contributed by atoms with Crippen LogP contribution in [0.2, 0.25) is 0 Å². The number of carbonyl (C=O) groups excluding carboxylic acids is 1. The third-order valence-corrected chi connectivity index (χ3v) is 6.08. The lowest BCUT2D eigenvalue weighted by Crippen LogP contribution is -2.41. The Kier molecular flexibility index (Phi) is 7.30. The molecule has 5 nitrogen and oxygen atoms in total. The van der Waals surface area contributed by atoms with E-state index in [0.717, 1.165) is 51.5 Å². The number of anilines is 1. The first-order valence-electron chi connectivity index (χ1n) is 10.4. The summed E-state index contributed by atoms with van der Waals surface area (Å²) in [5.41, 5.74) is 1.21. The summed E-state index contributed by atoms with van der Waals surface area (Å²) in [6, 6.07) is 4.85. The molecule has 144 valence electrons. The minimum atomic E-state index is 0.171. The summed E-state index contributed by atoms with van der Waals surface area (Å²) in [4.78, 5) is 21.4. The molecule has 0 aromatic carbocycles. The Morgan fingerprint density at radius 2 is 1.85 bits per heavy atom. The lowest BCUT2D eigenvalue weighted by atomic mass is 9.94. The molecule has 1 saturated heterocycles. The van der Waals surface area contributed by atoms with Crippen LogP contribution in [0.4, 0.5) is 5.69 Å². The second-order valence-electron chi connectivity index (χ2n) is 7.88. The van der Waals surface area contributed by atoms with E-state index in [-0.39, 0.29) is 11.8 Å². The number of pyridine rings is 1. The fourth-order valence-electron chi connectivity index (χ4n) is 4.34. The maximum Gasteiger partial charge on any atom is 0.223 e. The molecule has 5 heteroatoms. The average Bonchev–Trinajstić information content (AvgIpc) is 2.72. The number of piperidine rings is 1. The monoisotopic (exact) mass is 358 g/mol. The van der Waals surface area contributed by atoms with Gasteiger partial charge in [0.15, 0.2) is 0 Å². The molecule has 0 atom stereocenters. The van der Waals surface area contributed by atoms with E-state index in [9.17, 15) is 4.79 Å². The van der Waals surface area contributed by atoms with Crippen molar-refractivity contribution in [3.05, 3.63) is 24.5 Å². The highest BCUT2D eigenvalue weighted by molar-refractivity contribution is 5.78. The lowest BCUT2D eigenvalue weighted by Gasteiger charge is -2.33. The smallest absolute Gasteiger partial charge is 0.223 e.